The Morgan fingerprint density at radius 2 is 1.51 bits per heavy atom. The van der Waals surface area contributed by atoms with E-state index in [1.54, 1.807) is 61.5 Å². The highest BCUT2D eigenvalue weighted by Gasteiger charge is 2.32. The smallest absolute Gasteiger partial charge is 0.264 e. The van der Waals surface area contributed by atoms with Gasteiger partial charge in [0.15, 0.2) is 0 Å². The number of nitrogens with one attached hydrogen (secondary N) is 1. The minimum absolute atomic E-state index is 0.0208. The molecule has 0 aromatic heterocycles. The van der Waals surface area contributed by atoms with Crippen molar-refractivity contribution in [2.45, 2.75) is 24.4 Å². The minimum atomic E-state index is -4.11. The lowest BCUT2D eigenvalue weighted by Crippen LogP contribution is -2.50. The molecule has 0 spiro atoms. The maximum absolute atomic E-state index is 13.6. The molecule has 184 valence electrons. The summed E-state index contributed by atoms with van der Waals surface area (Å²) in [5.41, 5.74) is 0.888. The number of halogens is 2. The highest BCUT2D eigenvalue weighted by atomic mass is 35.5. The quantitative estimate of drug-likeness (QED) is 0.442. The molecule has 0 bridgehead atoms. The number of benzene rings is 3. The van der Waals surface area contributed by atoms with Gasteiger partial charge in [0.05, 0.1) is 10.6 Å². The predicted octanol–water partition coefficient (Wildman–Crippen LogP) is 4.35. The third kappa shape index (κ3) is 6.33. The van der Waals surface area contributed by atoms with E-state index in [4.69, 9.17) is 23.2 Å². The topological polar surface area (TPSA) is 86.8 Å². The van der Waals surface area contributed by atoms with Gasteiger partial charge < -0.3 is 10.2 Å². The van der Waals surface area contributed by atoms with Crippen LogP contribution in [0, 0.1) is 0 Å². The van der Waals surface area contributed by atoms with Crippen molar-refractivity contribution in [2.75, 3.05) is 17.9 Å². The van der Waals surface area contributed by atoms with Crippen LogP contribution in [0.2, 0.25) is 10.0 Å². The van der Waals surface area contributed by atoms with E-state index < -0.39 is 34.4 Å². The Kier molecular flexibility index (Phi) is 8.77. The Hall–Kier alpha value is -3.07. The van der Waals surface area contributed by atoms with Crippen molar-refractivity contribution in [2.24, 2.45) is 0 Å². The van der Waals surface area contributed by atoms with Gasteiger partial charge in [0.25, 0.3) is 10.0 Å². The number of amides is 2. The molecule has 0 saturated carbocycles. The number of anilines is 1. The van der Waals surface area contributed by atoms with Crippen LogP contribution in [0.4, 0.5) is 5.69 Å². The van der Waals surface area contributed by atoms with E-state index in [1.807, 2.05) is 0 Å². The first-order valence-corrected chi connectivity index (χ1v) is 12.9. The number of rotatable bonds is 9. The number of hydrogen-bond donors (Lipinski definition) is 1. The molecule has 35 heavy (non-hydrogen) atoms. The summed E-state index contributed by atoms with van der Waals surface area (Å²) in [7, 11) is -2.64. The molecule has 3 aromatic rings. The number of likely N-dealkylation sites (N-methyl/N-ethyl adjacent to an activating group) is 1. The number of carbonyl (C=O) groups excluding carboxylic acids is 2. The van der Waals surface area contributed by atoms with E-state index >= 15 is 0 Å². The average Bonchev–Trinajstić information content (AvgIpc) is 2.86. The van der Waals surface area contributed by atoms with Crippen LogP contribution < -0.4 is 9.62 Å². The monoisotopic (exact) mass is 533 g/mol. The fraction of sp³-hybridized carbons (Fsp3) is 0.200. The molecule has 1 N–H and O–H groups in total. The molecule has 3 rings (SSSR count). The van der Waals surface area contributed by atoms with Gasteiger partial charge in [-0.2, -0.15) is 0 Å². The highest BCUT2D eigenvalue weighted by molar-refractivity contribution is 7.92. The van der Waals surface area contributed by atoms with Crippen LogP contribution in [0.15, 0.2) is 83.8 Å². The largest absolute Gasteiger partial charge is 0.357 e. The molecule has 10 heteroatoms. The van der Waals surface area contributed by atoms with E-state index in [0.29, 0.717) is 15.6 Å². The Labute approximate surface area is 215 Å². The molecule has 1 atom stereocenters. The molecule has 0 saturated heterocycles. The van der Waals surface area contributed by atoms with Crippen LogP contribution in [0.3, 0.4) is 0 Å². The highest BCUT2D eigenvalue weighted by Crippen LogP contribution is 2.26. The summed E-state index contributed by atoms with van der Waals surface area (Å²) < 4.78 is 28.2. The van der Waals surface area contributed by atoms with Gasteiger partial charge in [0.1, 0.15) is 12.6 Å². The van der Waals surface area contributed by atoms with Crippen LogP contribution in [0.25, 0.3) is 0 Å². The minimum Gasteiger partial charge on any atom is -0.357 e. The van der Waals surface area contributed by atoms with Crippen molar-refractivity contribution in [3.63, 3.8) is 0 Å². The maximum Gasteiger partial charge on any atom is 0.264 e. The first-order chi connectivity index (χ1) is 16.6. The zero-order valence-electron chi connectivity index (χ0n) is 19.2. The van der Waals surface area contributed by atoms with E-state index in [2.05, 4.69) is 5.32 Å². The molecule has 3 aromatic carbocycles. The molecule has 0 aliphatic rings. The second kappa shape index (κ2) is 11.6. The van der Waals surface area contributed by atoms with Crippen LogP contribution in [0.1, 0.15) is 12.5 Å². The van der Waals surface area contributed by atoms with E-state index in [1.165, 1.54) is 36.2 Å². The van der Waals surface area contributed by atoms with Crippen LogP contribution >= 0.6 is 23.2 Å². The third-order valence-electron chi connectivity index (χ3n) is 5.44. The maximum atomic E-state index is 13.6. The molecule has 2 amide bonds. The third-order valence-corrected chi connectivity index (χ3v) is 7.85. The lowest BCUT2D eigenvalue weighted by molar-refractivity contribution is -0.139. The first-order valence-electron chi connectivity index (χ1n) is 10.7. The summed E-state index contributed by atoms with van der Waals surface area (Å²) in [5, 5.41) is 3.39. The Morgan fingerprint density at radius 3 is 2.11 bits per heavy atom. The van der Waals surface area contributed by atoms with Gasteiger partial charge in [-0.15, -0.1) is 0 Å². The van der Waals surface area contributed by atoms with E-state index in [-0.39, 0.29) is 17.1 Å². The first kappa shape index (κ1) is 26.5. The zero-order chi connectivity index (χ0) is 25.6. The van der Waals surface area contributed by atoms with Crippen molar-refractivity contribution >= 4 is 50.7 Å². The lowest BCUT2D eigenvalue weighted by atomic mass is 10.1. The molecule has 1 unspecified atom stereocenters. The second-order valence-corrected chi connectivity index (χ2v) is 10.4. The molecular formula is C25H25Cl2N3O4S. The number of sulfonamides is 1. The molecule has 0 heterocycles. The second-order valence-electron chi connectivity index (χ2n) is 7.70. The van der Waals surface area contributed by atoms with Gasteiger partial charge in [-0.1, -0.05) is 59.6 Å². The lowest BCUT2D eigenvalue weighted by Gasteiger charge is -2.32. The van der Waals surface area contributed by atoms with Crippen molar-refractivity contribution < 1.29 is 18.0 Å². The van der Waals surface area contributed by atoms with E-state index in [0.717, 1.165) is 4.31 Å². The summed E-state index contributed by atoms with van der Waals surface area (Å²) >= 11 is 12.3. The van der Waals surface area contributed by atoms with Crippen molar-refractivity contribution in [1.29, 1.82) is 0 Å². The normalized spacial score (nSPS) is 12.0. The summed E-state index contributed by atoms with van der Waals surface area (Å²) in [5.74, 6) is -0.968. The average molecular weight is 534 g/mol. The van der Waals surface area contributed by atoms with Gasteiger partial charge in [-0.3, -0.25) is 13.9 Å². The number of hydrogen-bond acceptors (Lipinski definition) is 4. The molecular weight excluding hydrogens is 509 g/mol. The Morgan fingerprint density at radius 1 is 0.914 bits per heavy atom. The van der Waals surface area contributed by atoms with Crippen LogP contribution in [0.5, 0.6) is 0 Å². The fourth-order valence-corrected chi connectivity index (χ4v) is 5.21. The summed E-state index contributed by atoms with van der Waals surface area (Å²) in [6.45, 7) is 1.06. The molecule has 0 aliphatic heterocycles. The zero-order valence-corrected chi connectivity index (χ0v) is 21.5. The Bertz CT molecular complexity index is 1290. The van der Waals surface area contributed by atoms with Crippen molar-refractivity contribution in [3.05, 3.63) is 94.5 Å². The van der Waals surface area contributed by atoms with Crippen LogP contribution in [-0.4, -0.2) is 44.8 Å². The van der Waals surface area contributed by atoms with Crippen molar-refractivity contribution in [3.8, 4) is 0 Å². The van der Waals surface area contributed by atoms with Gasteiger partial charge in [-0.25, -0.2) is 8.42 Å². The SMILES string of the molecule is CNC(=O)C(C)N(Cc1ccccc1Cl)C(=O)CN(c1ccc(Cl)cc1)S(=O)(=O)c1ccccc1. The summed E-state index contributed by atoms with van der Waals surface area (Å²) in [6.07, 6.45) is 0. The fourth-order valence-electron chi connectivity index (χ4n) is 3.46. The van der Waals surface area contributed by atoms with Gasteiger partial charge >= 0.3 is 0 Å². The van der Waals surface area contributed by atoms with Gasteiger partial charge in [-0.05, 0) is 55.0 Å². The standard InChI is InChI=1S/C25H25Cl2N3O4S/c1-18(25(32)28-2)29(16-19-8-6-7-11-23(19)27)24(31)17-30(21-14-12-20(26)13-15-21)35(33,34)22-9-4-3-5-10-22/h3-15,18H,16-17H2,1-2H3,(H,28,32). The van der Waals surface area contributed by atoms with Gasteiger partial charge in [0, 0.05) is 23.6 Å². The summed E-state index contributed by atoms with van der Waals surface area (Å²) in [6, 6.07) is 20.0. The predicted molar refractivity (Wildman–Crippen MR) is 138 cm³/mol. The number of nitrogens with zero attached hydrogens (tertiary/aromatic N) is 2. The molecule has 0 aliphatic carbocycles. The van der Waals surface area contributed by atoms with Crippen molar-refractivity contribution in [1.82, 2.24) is 10.2 Å². The van der Waals surface area contributed by atoms with Crippen LogP contribution in [-0.2, 0) is 26.2 Å². The molecule has 0 radical (unpaired) electrons. The van der Waals surface area contributed by atoms with E-state index in [9.17, 15) is 18.0 Å². The number of carbonyl (C=O) groups is 2. The summed E-state index contributed by atoms with van der Waals surface area (Å²) in [4.78, 5) is 27.4. The molecule has 0 fully saturated rings. The van der Waals surface area contributed by atoms with Gasteiger partial charge in [0.2, 0.25) is 11.8 Å². The Balaban J connectivity index is 2.02. The molecule has 7 nitrogen and oxygen atoms in total.